The zero-order valence-electron chi connectivity index (χ0n) is 14.9. The number of alkyl halides is 3. The lowest BCUT2D eigenvalue weighted by atomic mass is 9.86. The summed E-state index contributed by atoms with van der Waals surface area (Å²) < 4.78 is 63.0. The van der Waals surface area contributed by atoms with Gasteiger partial charge in [0.05, 0.1) is 16.1 Å². The monoisotopic (exact) mass is 412 g/mol. The molecule has 0 saturated carbocycles. The van der Waals surface area contributed by atoms with Crippen LogP contribution in [-0.4, -0.2) is 20.3 Å². The Labute approximate surface area is 160 Å². The molecule has 0 amide bonds. The second-order valence-electron chi connectivity index (χ2n) is 6.75. The highest BCUT2D eigenvalue weighted by Crippen LogP contribution is 2.43. The van der Waals surface area contributed by atoms with Crippen molar-refractivity contribution in [3.63, 3.8) is 0 Å². The van der Waals surface area contributed by atoms with Crippen molar-refractivity contribution in [1.29, 1.82) is 0 Å². The topological polar surface area (TPSA) is 102 Å². The van der Waals surface area contributed by atoms with Crippen molar-refractivity contribution in [2.75, 3.05) is 5.01 Å². The molecule has 150 valence electrons. The van der Waals surface area contributed by atoms with Gasteiger partial charge in [-0.1, -0.05) is 24.3 Å². The third-order valence-electron chi connectivity index (χ3n) is 4.75. The van der Waals surface area contributed by atoms with Crippen molar-refractivity contribution in [2.24, 2.45) is 16.0 Å². The molecule has 6 nitrogen and oxygen atoms in total. The third kappa shape index (κ3) is 3.75. The molecule has 1 heterocycles. The minimum atomic E-state index is -4.58. The molecule has 1 unspecified atom stereocenters. The summed E-state index contributed by atoms with van der Waals surface area (Å²) in [5.74, 6) is 0. The molecular formula is C18H19F3N4O2S. The van der Waals surface area contributed by atoms with Gasteiger partial charge in [0, 0.05) is 13.0 Å². The maximum absolute atomic E-state index is 13.4. The number of hydrogen-bond donors (Lipinski definition) is 2. The fourth-order valence-electron chi connectivity index (χ4n) is 3.17. The van der Waals surface area contributed by atoms with E-state index in [0.717, 1.165) is 5.56 Å². The van der Waals surface area contributed by atoms with Crippen LogP contribution in [0.15, 0.2) is 58.5 Å². The molecule has 1 aliphatic rings. The standard InChI is InChI=1S/C18H19F3N4O2S/c1-17(13-4-2-12(11-22)3-5-13)10-16(18(19,20)21)24-25(17)14-6-8-15(9-7-14)28(23,26)27/h2-9H,10-11,22H2,1H3,(H2,23,26,27). The van der Waals surface area contributed by atoms with Gasteiger partial charge in [-0.3, -0.25) is 5.01 Å². The number of hydrogen-bond acceptors (Lipinski definition) is 5. The first-order valence-electron chi connectivity index (χ1n) is 8.32. The molecule has 3 rings (SSSR count). The second kappa shape index (κ2) is 6.87. The van der Waals surface area contributed by atoms with Crippen molar-refractivity contribution in [2.45, 2.75) is 36.5 Å². The van der Waals surface area contributed by atoms with Crippen molar-refractivity contribution < 1.29 is 21.6 Å². The van der Waals surface area contributed by atoms with E-state index in [1.807, 2.05) is 0 Å². The van der Waals surface area contributed by atoms with Gasteiger partial charge in [0.2, 0.25) is 10.0 Å². The lowest BCUT2D eigenvalue weighted by molar-refractivity contribution is -0.0603. The van der Waals surface area contributed by atoms with E-state index in [2.05, 4.69) is 5.10 Å². The molecular weight excluding hydrogens is 393 g/mol. The summed E-state index contributed by atoms with van der Waals surface area (Å²) >= 11 is 0. The Bertz CT molecular complexity index is 1000. The van der Waals surface area contributed by atoms with Crippen LogP contribution in [0.5, 0.6) is 0 Å². The van der Waals surface area contributed by atoms with Crippen LogP contribution >= 0.6 is 0 Å². The van der Waals surface area contributed by atoms with Gasteiger partial charge in [0.1, 0.15) is 5.71 Å². The highest BCUT2D eigenvalue weighted by atomic mass is 32.2. The average molecular weight is 412 g/mol. The zero-order chi connectivity index (χ0) is 20.7. The van der Waals surface area contributed by atoms with Crippen LogP contribution in [0.2, 0.25) is 0 Å². The van der Waals surface area contributed by atoms with E-state index in [9.17, 15) is 21.6 Å². The Morgan fingerprint density at radius 1 is 1.11 bits per heavy atom. The third-order valence-corrected chi connectivity index (χ3v) is 5.68. The van der Waals surface area contributed by atoms with Crippen LogP contribution in [0.4, 0.5) is 18.9 Å². The fourth-order valence-corrected chi connectivity index (χ4v) is 3.68. The molecule has 0 aromatic heterocycles. The molecule has 0 saturated heterocycles. The largest absolute Gasteiger partial charge is 0.431 e. The number of nitrogens with zero attached hydrogens (tertiary/aromatic N) is 2. The predicted octanol–water partition coefficient (Wildman–Crippen LogP) is 2.84. The van der Waals surface area contributed by atoms with Crippen LogP contribution in [0.25, 0.3) is 0 Å². The van der Waals surface area contributed by atoms with E-state index >= 15 is 0 Å². The van der Waals surface area contributed by atoms with Gasteiger partial charge < -0.3 is 5.73 Å². The van der Waals surface area contributed by atoms with Crippen LogP contribution in [0, 0.1) is 0 Å². The van der Waals surface area contributed by atoms with E-state index < -0.39 is 27.5 Å². The molecule has 4 N–H and O–H groups in total. The maximum atomic E-state index is 13.4. The average Bonchev–Trinajstić information content (AvgIpc) is 3.00. The molecule has 0 radical (unpaired) electrons. The molecule has 1 atom stereocenters. The van der Waals surface area contributed by atoms with Gasteiger partial charge in [0.25, 0.3) is 0 Å². The van der Waals surface area contributed by atoms with Gasteiger partial charge in [-0.25, -0.2) is 13.6 Å². The summed E-state index contributed by atoms with van der Waals surface area (Å²) in [6, 6.07) is 12.2. The Morgan fingerprint density at radius 2 is 1.68 bits per heavy atom. The van der Waals surface area contributed by atoms with E-state index in [4.69, 9.17) is 10.9 Å². The van der Waals surface area contributed by atoms with E-state index in [-0.39, 0.29) is 11.3 Å². The molecule has 0 spiro atoms. The smallest absolute Gasteiger partial charge is 0.326 e. The summed E-state index contributed by atoms with van der Waals surface area (Å²) in [7, 11) is -3.91. The summed E-state index contributed by atoms with van der Waals surface area (Å²) in [6.07, 6.45) is -4.93. The number of rotatable bonds is 4. The lowest BCUT2D eigenvalue weighted by Gasteiger charge is -2.35. The Morgan fingerprint density at radius 3 is 2.14 bits per heavy atom. The zero-order valence-corrected chi connectivity index (χ0v) is 15.8. The number of nitrogens with two attached hydrogens (primary N) is 2. The highest BCUT2D eigenvalue weighted by Gasteiger charge is 2.49. The molecule has 0 bridgehead atoms. The second-order valence-corrected chi connectivity index (χ2v) is 8.31. The first kappa shape index (κ1) is 20.3. The number of halogens is 3. The normalized spacial score (nSPS) is 20.4. The van der Waals surface area contributed by atoms with Gasteiger partial charge in [0.15, 0.2) is 0 Å². The molecule has 10 heteroatoms. The van der Waals surface area contributed by atoms with Crippen LogP contribution in [0.3, 0.4) is 0 Å². The molecule has 28 heavy (non-hydrogen) atoms. The molecule has 2 aromatic carbocycles. The molecule has 1 aliphatic heterocycles. The Kier molecular flexibility index (Phi) is 4.98. The van der Waals surface area contributed by atoms with Crippen molar-refractivity contribution >= 4 is 21.4 Å². The SMILES string of the molecule is CC1(c2ccc(CN)cc2)CC(C(F)(F)F)=NN1c1ccc(S(N)(=O)=O)cc1. The van der Waals surface area contributed by atoms with Gasteiger partial charge >= 0.3 is 6.18 Å². The number of sulfonamides is 1. The molecule has 0 aliphatic carbocycles. The summed E-state index contributed by atoms with van der Waals surface area (Å²) in [5.41, 5.74) is 5.37. The van der Waals surface area contributed by atoms with E-state index in [1.165, 1.54) is 29.3 Å². The Hall–Kier alpha value is -2.43. The maximum Gasteiger partial charge on any atom is 0.431 e. The minimum Gasteiger partial charge on any atom is -0.326 e. The Balaban J connectivity index is 2.08. The quantitative estimate of drug-likeness (QED) is 0.806. The summed E-state index contributed by atoms with van der Waals surface area (Å²) in [5, 5.41) is 10.2. The van der Waals surface area contributed by atoms with Gasteiger partial charge in [-0.2, -0.15) is 18.3 Å². The first-order valence-corrected chi connectivity index (χ1v) is 9.87. The number of benzene rings is 2. The molecule has 0 fully saturated rings. The van der Waals surface area contributed by atoms with Gasteiger partial charge in [-0.15, -0.1) is 0 Å². The van der Waals surface area contributed by atoms with Crippen molar-refractivity contribution in [3.05, 3.63) is 59.7 Å². The fraction of sp³-hybridized carbons (Fsp3) is 0.278. The number of hydrazone groups is 1. The summed E-state index contributed by atoms with van der Waals surface area (Å²) in [6.45, 7) is 1.97. The minimum absolute atomic E-state index is 0.135. The van der Waals surface area contributed by atoms with Crippen LogP contribution in [0.1, 0.15) is 24.5 Å². The first-order chi connectivity index (χ1) is 12.9. The number of anilines is 1. The van der Waals surface area contributed by atoms with Crippen molar-refractivity contribution in [3.8, 4) is 0 Å². The highest BCUT2D eigenvalue weighted by molar-refractivity contribution is 7.89. The van der Waals surface area contributed by atoms with Crippen molar-refractivity contribution in [1.82, 2.24) is 0 Å². The summed E-state index contributed by atoms with van der Waals surface area (Å²) in [4.78, 5) is -0.135. The number of primary sulfonamides is 1. The predicted molar refractivity (Wildman–Crippen MR) is 100 cm³/mol. The van der Waals surface area contributed by atoms with E-state index in [1.54, 1.807) is 31.2 Å². The van der Waals surface area contributed by atoms with Crippen LogP contribution in [-0.2, 0) is 22.1 Å². The molecule has 2 aromatic rings. The van der Waals surface area contributed by atoms with Gasteiger partial charge in [-0.05, 0) is 42.3 Å². The van der Waals surface area contributed by atoms with E-state index in [0.29, 0.717) is 17.8 Å². The van der Waals surface area contributed by atoms with Crippen LogP contribution < -0.4 is 15.9 Å². The lowest BCUT2D eigenvalue weighted by Crippen LogP contribution is -2.37.